The first-order chi connectivity index (χ1) is 18.6. The third-order valence-electron chi connectivity index (χ3n) is 6.01. The molecule has 0 fully saturated rings. The molecule has 0 spiro atoms. The summed E-state index contributed by atoms with van der Waals surface area (Å²) in [4.78, 5) is 25.3. The van der Waals surface area contributed by atoms with Crippen LogP contribution in [0, 0.1) is 6.92 Å². The second-order valence-corrected chi connectivity index (χ2v) is 9.12. The predicted molar refractivity (Wildman–Crippen MR) is 149 cm³/mol. The number of aryl methyl sites for hydroxylation is 1. The van der Waals surface area contributed by atoms with Gasteiger partial charge in [-0.25, -0.2) is 29.1 Å². The molecular formula is C26H21N9O2S. The van der Waals surface area contributed by atoms with Gasteiger partial charge in [-0.2, -0.15) is 0 Å². The molecule has 0 aliphatic carbocycles. The van der Waals surface area contributed by atoms with Gasteiger partial charge in [0, 0.05) is 34.4 Å². The maximum Gasteiger partial charge on any atom is 0.259 e. The number of benzene rings is 2. The van der Waals surface area contributed by atoms with Crippen molar-refractivity contribution in [1.29, 1.82) is 0 Å². The summed E-state index contributed by atoms with van der Waals surface area (Å²) in [6.07, 6.45) is 6.55. The maximum absolute atomic E-state index is 11.1. The number of nitrogens with zero attached hydrogens (tertiary/aromatic N) is 5. The number of imidazole rings is 1. The number of fused-ring (bicyclic) bond motifs is 2. The van der Waals surface area contributed by atoms with Gasteiger partial charge in [-0.1, -0.05) is 18.2 Å². The number of H-pyrrole nitrogens is 1. The van der Waals surface area contributed by atoms with Crippen LogP contribution in [-0.2, 0) is 11.3 Å². The van der Waals surface area contributed by atoms with E-state index in [0.717, 1.165) is 38.8 Å². The van der Waals surface area contributed by atoms with Crippen molar-refractivity contribution in [1.82, 2.24) is 29.9 Å². The van der Waals surface area contributed by atoms with Crippen molar-refractivity contribution < 1.29 is 8.76 Å². The van der Waals surface area contributed by atoms with Crippen LogP contribution in [0.5, 0.6) is 0 Å². The Labute approximate surface area is 219 Å². The van der Waals surface area contributed by atoms with Gasteiger partial charge < -0.3 is 15.6 Å². The van der Waals surface area contributed by atoms with Gasteiger partial charge in [0.05, 0.1) is 17.7 Å². The van der Waals surface area contributed by atoms with Crippen molar-refractivity contribution in [3.8, 4) is 11.3 Å². The Morgan fingerprint density at radius 1 is 0.842 bits per heavy atom. The Kier molecular flexibility index (Phi) is 6.08. The van der Waals surface area contributed by atoms with E-state index in [1.807, 2.05) is 43.3 Å². The number of aromatic nitrogens is 6. The number of pyridine rings is 2. The molecular weight excluding hydrogens is 502 g/mol. The molecule has 1 unspecified atom stereocenters. The molecule has 4 aromatic heterocycles. The average molecular weight is 524 g/mol. The van der Waals surface area contributed by atoms with E-state index in [9.17, 15) is 4.21 Å². The Morgan fingerprint density at radius 3 is 2.61 bits per heavy atom. The molecule has 0 amide bonds. The molecule has 0 aliphatic rings. The molecule has 5 N–H and O–H groups in total. The van der Waals surface area contributed by atoms with Crippen LogP contribution in [0.25, 0.3) is 33.2 Å². The first-order valence-corrected chi connectivity index (χ1v) is 12.7. The molecule has 6 rings (SSSR count). The highest BCUT2D eigenvalue weighted by Crippen LogP contribution is 2.36. The fourth-order valence-electron chi connectivity index (χ4n) is 4.31. The zero-order valence-corrected chi connectivity index (χ0v) is 20.8. The van der Waals surface area contributed by atoms with E-state index in [0.29, 0.717) is 28.7 Å². The number of aromatic amines is 1. The summed E-state index contributed by atoms with van der Waals surface area (Å²) in [6.45, 7) is 2.03. The van der Waals surface area contributed by atoms with Crippen LogP contribution in [0.1, 0.15) is 5.56 Å². The predicted octanol–water partition coefficient (Wildman–Crippen LogP) is 5.31. The smallest absolute Gasteiger partial charge is 0.259 e. The lowest BCUT2D eigenvalue weighted by atomic mass is 10.0. The highest BCUT2D eigenvalue weighted by molar-refractivity contribution is 7.80. The van der Waals surface area contributed by atoms with Crippen LogP contribution in [0.4, 0.5) is 28.7 Å². The van der Waals surface area contributed by atoms with E-state index in [1.54, 1.807) is 36.9 Å². The molecule has 38 heavy (non-hydrogen) atoms. The Hall–Kier alpha value is -4.94. The topological polar surface area (TPSA) is 154 Å². The van der Waals surface area contributed by atoms with Crippen molar-refractivity contribution in [3.63, 3.8) is 0 Å². The SMILES string of the molecule is Cc1ccc2c(Nc3cccc(NS(=O)O)c3)nccc2c1Nc1ncccc1-c1ncnc2nc[nH]c12. The Morgan fingerprint density at radius 2 is 1.71 bits per heavy atom. The molecule has 0 bridgehead atoms. The van der Waals surface area contributed by atoms with Crippen molar-refractivity contribution in [3.05, 3.63) is 85.2 Å². The molecule has 0 aliphatic heterocycles. The van der Waals surface area contributed by atoms with E-state index < -0.39 is 11.3 Å². The first-order valence-electron chi connectivity index (χ1n) is 11.6. The van der Waals surface area contributed by atoms with E-state index in [-0.39, 0.29) is 0 Å². The van der Waals surface area contributed by atoms with Gasteiger partial charge in [0.1, 0.15) is 29.2 Å². The van der Waals surface area contributed by atoms with E-state index in [2.05, 4.69) is 45.3 Å². The zero-order chi connectivity index (χ0) is 26.1. The highest BCUT2D eigenvalue weighted by Gasteiger charge is 2.16. The summed E-state index contributed by atoms with van der Waals surface area (Å²) in [5, 5.41) is 8.68. The summed E-state index contributed by atoms with van der Waals surface area (Å²) in [6, 6.07) is 16.9. The largest absolute Gasteiger partial charge is 0.341 e. The van der Waals surface area contributed by atoms with Crippen molar-refractivity contribution in [2.75, 3.05) is 15.4 Å². The standard InChI is InChI=1S/C26H21N9O2S/c1-15-7-8-19-18(9-11-28-24(19)33-16-4-2-5-17(12-16)35-38(36)37)21(15)34-25-20(6-3-10-27-25)22-23-26(31-13-29-22)32-14-30-23/h2-14,35H,1H3,(H,27,34)(H,28,33)(H,36,37)(H,29,30,31,32). The fraction of sp³-hybridized carbons (Fsp3) is 0.0385. The summed E-state index contributed by atoms with van der Waals surface area (Å²) in [5.41, 5.74) is 5.95. The Balaban J connectivity index is 1.40. The molecule has 188 valence electrons. The lowest BCUT2D eigenvalue weighted by Crippen LogP contribution is -2.03. The minimum atomic E-state index is -2.16. The fourth-order valence-corrected chi connectivity index (χ4v) is 4.64. The van der Waals surface area contributed by atoms with Crippen molar-refractivity contribution >= 4 is 61.9 Å². The number of hydrogen-bond acceptors (Lipinski definition) is 8. The second-order valence-electron chi connectivity index (χ2n) is 8.42. The third kappa shape index (κ3) is 4.49. The molecule has 4 heterocycles. The van der Waals surface area contributed by atoms with Gasteiger partial charge in [0.2, 0.25) is 0 Å². The molecule has 0 saturated carbocycles. The van der Waals surface area contributed by atoms with Crippen LogP contribution in [-0.4, -0.2) is 38.7 Å². The van der Waals surface area contributed by atoms with Crippen LogP contribution >= 0.6 is 0 Å². The van der Waals surface area contributed by atoms with Crippen LogP contribution in [0.15, 0.2) is 79.6 Å². The number of rotatable bonds is 7. The molecule has 11 nitrogen and oxygen atoms in total. The molecule has 0 saturated heterocycles. The van der Waals surface area contributed by atoms with Gasteiger partial charge in [-0.15, -0.1) is 0 Å². The molecule has 12 heteroatoms. The van der Waals surface area contributed by atoms with Crippen molar-refractivity contribution in [2.45, 2.75) is 6.92 Å². The minimum Gasteiger partial charge on any atom is -0.341 e. The number of nitrogens with one attached hydrogen (secondary N) is 4. The summed E-state index contributed by atoms with van der Waals surface area (Å²) < 4.78 is 22.8. The highest BCUT2D eigenvalue weighted by atomic mass is 32.2. The van der Waals surface area contributed by atoms with Crippen LogP contribution < -0.4 is 15.4 Å². The van der Waals surface area contributed by atoms with Crippen LogP contribution in [0.3, 0.4) is 0 Å². The van der Waals surface area contributed by atoms with E-state index in [4.69, 9.17) is 4.55 Å². The summed E-state index contributed by atoms with van der Waals surface area (Å²) in [5.74, 6) is 1.28. The molecule has 1 atom stereocenters. The van der Waals surface area contributed by atoms with E-state index in [1.165, 1.54) is 6.33 Å². The van der Waals surface area contributed by atoms with Gasteiger partial charge in [0.15, 0.2) is 5.65 Å². The van der Waals surface area contributed by atoms with E-state index >= 15 is 0 Å². The first kappa shape index (κ1) is 23.5. The molecule has 6 aromatic rings. The molecule has 2 aromatic carbocycles. The van der Waals surface area contributed by atoms with Crippen molar-refractivity contribution in [2.24, 2.45) is 0 Å². The maximum atomic E-state index is 11.1. The lowest BCUT2D eigenvalue weighted by Gasteiger charge is -2.17. The average Bonchev–Trinajstić information content (AvgIpc) is 3.40. The zero-order valence-electron chi connectivity index (χ0n) is 20.0. The third-order valence-corrected chi connectivity index (χ3v) is 6.42. The number of anilines is 5. The quantitative estimate of drug-likeness (QED) is 0.175. The Bertz CT molecular complexity index is 1820. The monoisotopic (exact) mass is 523 g/mol. The van der Waals surface area contributed by atoms with Gasteiger partial charge in [-0.05, 0) is 48.9 Å². The number of hydrogen-bond donors (Lipinski definition) is 5. The van der Waals surface area contributed by atoms with Gasteiger partial charge in [-0.3, -0.25) is 9.27 Å². The minimum absolute atomic E-state index is 0.507. The van der Waals surface area contributed by atoms with Gasteiger partial charge >= 0.3 is 0 Å². The van der Waals surface area contributed by atoms with Gasteiger partial charge in [0.25, 0.3) is 11.3 Å². The normalized spacial score (nSPS) is 11.9. The molecule has 0 radical (unpaired) electrons. The second kappa shape index (κ2) is 9.84. The lowest BCUT2D eigenvalue weighted by molar-refractivity contribution is 0.570. The summed E-state index contributed by atoms with van der Waals surface area (Å²) >= 11 is -2.16. The van der Waals surface area contributed by atoms with Crippen LogP contribution in [0.2, 0.25) is 0 Å². The summed E-state index contributed by atoms with van der Waals surface area (Å²) in [7, 11) is 0.